The molecule has 0 radical (unpaired) electrons. The highest BCUT2D eigenvalue weighted by Crippen LogP contribution is 2.21. The van der Waals surface area contributed by atoms with E-state index in [0.29, 0.717) is 56.6 Å². The number of nitrogens with zero attached hydrogens (tertiary/aromatic N) is 4. The summed E-state index contributed by atoms with van der Waals surface area (Å²) in [5, 5.41) is 3.10. The van der Waals surface area contributed by atoms with E-state index in [9.17, 15) is 9.59 Å². The standard InChI is InChI=1S/C20H25N5O4/c1-3-28-18(26)15-7-5-6-8-16(15)22-19-21-10-9-17(23-19)24-11-13-25(14-12-24)20(27)29-4-2/h5-10H,3-4,11-14H2,1-2H3,(H,21,22,23). The minimum atomic E-state index is -0.401. The first-order valence-corrected chi connectivity index (χ1v) is 9.65. The van der Waals surface area contributed by atoms with Crippen molar-refractivity contribution >= 4 is 29.5 Å². The van der Waals surface area contributed by atoms with Gasteiger partial charge in [0.25, 0.3) is 0 Å². The van der Waals surface area contributed by atoms with Gasteiger partial charge in [-0.15, -0.1) is 0 Å². The number of anilines is 3. The van der Waals surface area contributed by atoms with E-state index >= 15 is 0 Å². The molecule has 0 spiro atoms. The highest BCUT2D eigenvalue weighted by atomic mass is 16.6. The van der Waals surface area contributed by atoms with Crippen LogP contribution in [0, 0.1) is 0 Å². The van der Waals surface area contributed by atoms with E-state index in [-0.39, 0.29) is 6.09 Å². The Morgan fingerprint density at radius 2 is 1.76 bits per heavy atom. The van der Waals surface area contributed by atoms with Crippen molar-refractivity contribution < 1.29 is 19.1 Å². The zero-order valence-corrected chi connectivity index (χ0v) is 16.6. The summed E-state index contributed by atoms with van der Waals surface area (Å²) < 4.78 is 10.2. The molecule has 154 valence electrons. The van der Waals surface area contributed by atoms with Crippen molar-refractivity contribution in [1.29, 1.82) is 0 Å². The summed E-state index contributed by atoms with van der Waals surface area (Å²) in [4.78, 5) is 36.6. The van der Waals surface area contributed by atoms with Crippen LogP contribution in [-0.2, 0) is 9.47 Å². The molecule has 1 aliphatic heterocycles. The molecule has 1 amide bonds. The van der Waals surface area contributed by atoms with E-state index in [0.717, 1.165) is 5.82 Å². The summed E-state index contributed by atoms with van der Waals surface area (Å²) in [7, 11) is 0. The van der Waals surface area contributed by atoms with E-state index in [1.54, 1.807) is 43.1 Å². The summed E-state index contributed by atoms with van der Waals surface area (Å²) in [5.74, 6) is 0.730. The van der Waals surface area contributed by atoms with E-state index in [2.05, 4.69) is 20.2 Å². The first-order valence-electron chi connectivity index (χ1n) is 9.65. The van der Waals surface area contributed by atoms with Crippen LogP contribution in [0.15, 0.2) is 36.5 Å². The zero-order chi connectivity index (χ0) is 20.6. The predicted octanol–water partition coefficient (Wildman–Crippen LogP) is 2.68. The first kappa shape index (κ1) is 20.4. The molecule has 1 aromatic carbocycles. The van der Waals surface area contributed by atoms with Crippen molar-refractivity contribution in [3.63, 3.8) is 0 Å². The Morgan fingerprint density at radius 1 is 1.03 bits per heavy atom. The highest BCUT2D eigenvalue weighted by Gasteiger charge is 2.23. The SMILES string of the molecule is CCOC(=O)c1ccccc1Nc1nccc(N2CCN(C(=O)OCC)CC2)n1. The van der Waals surface area contributed by atoms with Crippen molar-refractivity contribution in [1.82, 2.24) is 14.9 Å². The lowest BCUT2D eigenvalue weighted by Crippen LogP contribution is -2.49. The van der Waals surface area contributed by atoms with E-state index < -0.39 is 5.97 Å². The maximum absolute atomic E-state index is 12.1. The molecule has 0 bridgehead atoms. The van der Waals surface area contributed by atoms with Crippen molar-refractivity contribution in [2.75, 3.05) is 49.6 Å². The Bertz CT molecular complexity index is 852. The number of rotatable bonds is 6. The van der Waals surface area contributed by atoms with Gasteiger partial charge in [0.05, 0.1) is 24.5 Å². The topological polar surface area (TPSA) is 96.9 Å². The third kappa shape index (κ3) is 5.13. The van der Waals surface area contributed by atoms with Crippen molar-refractivity contribution in [3.05, 3.63) is 42.1 Å². The minimum absolute atomic E-state index is 0.284. The van der Waals surface area contributed by atoms with Crippen molar-refractivity contribution in [3.8, 4) is 0 Å². The van der Waals surface area contributed by atoms with E-state index in [1.165, 1.54) is 0 Å². The molecule has 1 fully saturated rings. The zero-order valence-electron chi connectivity index (χ0n) is 16.6. The molecule has 3 rings (SSSR count). The molecule has 1 saturated heterocycles. The van der Waals surface area contributed by atoms with Gasteiger partial charge in [-0.1, -0.05) is 12.1 Å². The van der Waals surface area contributed by atoms with Crippen LogP contribution in [0.1, 0.15) is 24.2 Å². The number of esters is 1. The van der Waals surface area contributed by atoms with Gasteiger partial charge >= 0.3 is 12.1 Å². The summed E-state index contributed by atoms with van der Waals surface area (Å²) in [5.41, 5.74) is 1.00. The molecule has 0 aliphatic carbocycles. The van der Waals surface area contributed by atoms with Crippen LogP contribution >= 0.6 is 0 Å². The average Bonchev–Trinajstić information content (AvgIpc) is 2.75. The predicted molar refractivity (Wildman–Crippen MR) is 109 cm³/mol. The van der Waals surface area contributed by atoms with E-state index in [1.807, 2.05) is 12.1 Å². The molecule has 0 unspecified atom stereocenters. The number of ether oxygens (including phenoxy) is 2. The number of hydrogen-bond donors (Lipinski definition) is 1. The van der Waals surface area contributed by atoms with Gasteiger partial charge in [-0.2, -0.15) is 4.98 Å². The molecule has 29 heavy (non-hydrogen) atoms. The number of hydrogen-bond acceptors (Lipinski definition) is 8. The third-order valence-electron chi connectivity index (χ3n) is 4.44. The van der Waals surface area contributed by atoms with Crippen LogP contribution in [-0.4, -0.2) is 66.3 Å². The molecule has 9 nitrogen and oxygen atoms in total. The van der Waals surface area contributed by atoms with Crippen LogP contribution in [0.2, 0.25) is 0 Å². The number of nitrogens with one attached hydrogen (secondary N) is 1. The smallest absolute Gasteiger partial charge is 0.409 e. The van der Waals surface area contributed by atoms with Gasteiger partial charge in [-0.3, -0.25) is 0 Å². The maximum Gasteiger partial charge on any atom is 0.409 e. The van der Waals surface area contributed by atoms with Gasteiger partial charge in [-0.05, 0) is 32.0 Å². The molecule has 1 N–H and O–H groups in total. The Kier molecular flexibility index (Phi) is 6.83. The van der Waals surface area contributed by atoms with E-state index in [4.69, 9.17) is 9.47 Å². The van der Waals surface area contributed by atoms with Crippen LogP contribution in [0.4, 0.5) is 22.2 Å². The minimum Gasteiger partial charge on any atom is -0.462 e. The van der Waals surface area contributed by atoms with Gasteiger partial charge in [0, 0.05) is 32.4 Å². The number of piperazine rings is 1. The molecule has 0 saturated carbocycles. The van der Waals surface area contributed by atoms with Gasteiger partial charge < -0.3 is 24.6 Å². The second kappa shape index (κ2) is 9.72. The Hall–Kier alpha value is -3.36. The molecular weight excluding hydrogens is 374 g/mol. The van der Waals surface area contributed by atoms with Crippen LogP contribution < -0.4 is 10.2 Å². The number of para-hydroxylation sites is 1. The Labute approximate surface area is 169 Å². The highest BCUT2D eigenvalue weighted by molar-refractivity contribution is 5.96. The average molecular weight is 399 g/mol. The largest absolute Gasteiger partial charge is 0.462 e. The fourth-order valence-electron chi connectivity index (χ4n) is 3.02. The fourth-order valence-corrected chi connectivity index (χ4v) is 3.02. The molecular formula is C20H25N5O4. The van der Waals surface area contributed by atoms with Gasteiger partial charge in [0.2, 0.25) is 5.95 Å². The monoisotopic (exact) mass is 399 g/mol. The molecule has 2 heterocycles. The summed E-state index contributed by atoms with van der Waals surface area (Å²) in [6.07, 6.45) is 1.38. The number of carbonyl (C=O) groups is 2. The second-order valence-electron chi connectivity index (χ2n) is 6.30. The van der Waals surface area contributed by atoms with Gasteiger partial charge in [0.15, 0.2) is 0 Å². The van der Waals surface area contributed by atoms with Gasteiger partial charge in [0.1, 0.15) is 5.82 Å². The number of aromatic nitrogens is 2. The summed E-state index contributed by atoms with van der Waals surface area (Å²) in [6, 6.07) is 8.89. The Balaban J connectivity index is 1.69. The lowest BCUT2D eigenvalue weighted by Gasteiger charge is -2.34. The van der Waals surface area contributed by atoms with Crippen LogP contribution in [0.3, 0.4) is 0 Å². The fraction of sp³-hybridized carbons (Fsp3) is 0.400. The third-order valence-corrected chi connectivity index (χ3v) is 4.44. The number of benzene rings is 1. The Morgan fingerprint density at radius 3 is 2.48 bits per heavy atom. The van der Waals surface area contributed by atoms with Crippen molar-refractivity contribution in [2.24, 2.45) is 0 Å². The lowest BCUT2D eigenvalue weighted by molar-refractivity contribution is 0.0527. The second-order valence-corrected chi connectivity index (χ2v) is 6.30. The van der Waals surface area contributed by atoms with Crippen molar-refractivity contribution in [2.45, 2.75) is 13.8 Å². The normalized spacial score (nSPS) is 13.7. The summed E-state index contributed by atoms with van der Waals surface area (Å²) >= 11 is 0. The molecule has 0 atom stereocenters. The number of carbonyl (C=O) groups excluding carboxylic acids is 2. The van der Waals surface area contributed by atoms with Crippen LogP contribution in [0.25, 0.3) is 0 Å². The first-order chi connectivity index (χ1) is 14.1. The quantitative estimate of drug-likeness (QED) is 0.741. The molecule has 2 aromatic rings. The van der Waals surface area contributed by atoms with Crippen LogP contribution in [0.5, 0.6) is 0 Å². The maximum atomic E-state index is 12.1. The number of amides is 1. The lowest BCUT2D eigenvalue weighted by atomic mass is 10.2. The molecule has 9 heteroatoms. The molecule has 1 aromatic heterocycles. The summed E-state index contributed by atoms with van der Waals surface area (Å²) in [6.45, 7) is 6.66. The van der Waals surface area contributed by atoms with Gasteiger partial charge in [-0.25, -0.2) is 14.6 Å². The molecule has 1 aliphatic rings.